The number of benzene rings is 3. The molecule has 7 heteroatoms. The van der Waals surface area contributed by atoms with Crippen LogP contribution in [0.4, 0.5) is 5.69 Å². The van der Waals surface area contributed by atoms with E-state index in [0.717, 1.165) is 11.1 Å². The molecule has 31 heavy (non-hydrogen) atoms. The number of methoxy groups -OCH3 is 1. The van der Waals surface area contributed by atoms with Gasteiger partial charge < -0.3 is 10.1 Å². The number of rotatable bonds is 6. The standard InChI is InChI=1S/C24H17Cl3N2O2/c1-31-23-12-15(11-21(27)18(23)13-16-6-2-3-7-19(16)25)10-17(14-28)24(30)29-22-9-5-4-8-20(22)26/h2-12H,13H2,1H3,(H,29,30)/b17-10+. The Balaban J connectivity index is 1.91. The van der Waals surface area contributed by atoms with Gasteiger partial charge in [0.05, 0.1) is 17.8 Å². The van der Waals surface area contributed by atoms with Crippen molar-refractivity contribution in [3.05, 3.63) is 98.0 Å². The van der Waals surface area contributed by atoms with E-state index in [1.807, 2.05) is 30.3 Å². The van der Waals surface area contributed by atoms with E-state index in [0.29, 0.717) is 38.5 Å². The second-order valence-corrected chi connectivity index (χ2v) is 7.78. The van der Waals surface area contributed by atoms with E-state index in [1.165, 1.54) is 13.2 Å². The van der Waals surface area contributed by atoms with E-state index in [1.54, 1.807) is 36.4 Å². The smallest absolute Gasteiger partial charge is 0.266 e. The van der Waals surface area contributed by atoms with Crippen LogP contribution >= 0.6 is 34.8 Å². The van der Waals surface area contributed by atoms with E-state index in [-0.39, 0.29) is 5.57 Å². The van der Waals surface area contributed by atoms with Crippen molar-refractivity contribution >= 4 is 52.5 Å². The molecule has 0 saturated carbocycles. The van der Waals surface area contributed by atoms with Gasteiger partial charge in [-0.2, -0.15) is 5.26 Å². The minimum Gasteiger partial charge on any atom is -0.496 e. The van der Waals surface area contributed by atoms with Crippen LogP contribution in [0.3, 0.4) is 0 Å². The number of nitriles is 1. The number of hydrogen-bond acceptors (Lipinski definition) is 3. The number of nitrogens with one attached hydrogen (secondary N) is 1. The van der Waals surface area contributed by atoms with Gasteiger partial charge in [-0.1, -0.05) is 65.1 Å². The number of nitrogens with zero attached hydrogens (tertiary/aromatic N) is 1. The first-order valence-corrected chi connectivity index (χ1v) is 10.3. The quantitative estimate of drug-likeness (QED) is 0.318. The van der Waals surface area contributed by atoms with Crippen molar-refractivity contribution in [2.24, 2.45) is 0 Å². The number of carbonyl (C=O) groups excluding carboxylic acids is 1. The lowest BCUT2D eigenvalue weighted by Gasteiger charge is -2.13. The van der Waals surface area contributed by atoms with E-state index >= 15 is 0 Å². The topological polar surface area (TPSA) is 62.1 Å². The van der Waals surface area contributed by atoms with Crippen molar-refractivity contribution in [3.63, 3.8) is 0 Å². The monoisotopic (exact) mass is 470 g/mol. The maximum absolute atomic E-state index is 12.5. The highest BCUT2D eigenvalue weighted by molar-refractivity contribution is 6.34. The van der Waals surface area contributed by atoms with Gasteiger partial charge in [0.25, 0.3) is 5.91 Å². The summed E-state index contributed by atoms with van der Waals surface area (Å²) in [6, 6.07) is 19.6. The van der Waals surface area contributed by atoms with Crippen LogP contribution in [0.5, 0.6) is 5.75 Å². The van der Waals surface area contributed by atoms with Gasteiger partial charge in [-0.3, -0.25) is 4.79 Å². The molecule has 4 nitrogen and oxygen atoms in total. The van der Waals surface area contributed by atoms with E-state index in [9.17, 15) is 10.1 Å². The maximum Gasteiger partial charge on any atom is 0.266 e. The molecule has 0 spiro atoms. The molecule has 0 unspecified atom stereocenters. The van der Waals surface area contributed by atoms with Crippen molar-refractivity contribution in [1.82, 2.24) is 0 Å². The maximum atomic E-state index is 12.5. The molecule has 3 rings (SSSR count). The fourth-order valence-corrected chi connectivity index (χ4v) is 3.64. The number of hydrogen-bond donors (Lipinski definition) is 1. The molecule has 0 fully saturated rings. The molecule has 1 amide bonds. The molecule has 1 N–H and O–H groups in total. The van der Waals surface area contributed by atoms with Crippen LogP contribution in [0.1, 0.15) is 16.7 Å². The molecule has 3 aromatic carbocycles. The van der Waals surface area contributed by atoms with Crippen LogP contribution in [-0.4, -0.2) is 13.0 Å². The Hall–Kier alpha value is -2.97. The first-order chi connectivity index (χ1) is 14.9. The molecular weight excluding hydrogens is 455 g/mol. The number of ether oxygens (including phenoxy) is 1. The van der Waals surface area contributed by atoms with Gasteiger partial charge in [-0.05, 0) is 47.5 Å². The highest BCUT2D eigenvalue weighted by atomic mass is 35.5. The van der Waals surface area contributed by atoms with Crippen molar-refractivity contribution in [3.8, 4) is 11.8 Å². The predicted molar refractivity (Wildman–Crippen MR) is 126 cm³/mol. The summed E-state index contributed by atoms with van der Waals surface area (Å²) in [6.45, 7) is 0. The average molecular weight is 472 g/mol. The summed E-state index contributed by atoms with van der Waals surface area (Å²) in [7, 11) is 1.53. The zero-order valence-electron chi connectivity index (χ0n) is 16.5. The first kappa shape index (κ1) is 22.7. The lowest BCUT2D eigenvalue weighted by Crippen LogP contribution is -2.13. The molecule has 0 aliphatic carbocycles. The van der Waals surface area contributed by atoms with Gasteiger partial charge in [-0.25, -0.2) is 0 Å². The zero-order chi connectivity index (χ0) is 22.4. The van der Waals surface area contributed by atoms with Crippen LogP contribution in [0.25, 0.3) is 6.08 Å². The predicted octanol–water partition coefficient (Wildman–Crippen LogP) is 6.79. The lowest BCUT2D eigenvalue weighted by molar-refractivity contribution is -0.112. The van der Waals surface area contributed by atoms with Crippen LogP contribution in [0.15, 0.2) is 66.2 Å². The molecular formula is C24H17Cl3N2O2. The molecule has 3 aromatic rings. The summed E-state index contributed by atoms with van der Waals surface area (Å²) in [5.74, 6) is -0.0479. The number of amides is 1. The van der Waals surface area contributed by atoms with Gasteiger partial charge in [0.2, 0.25) is 0 Å². The van der Waals surface area contributed by atoms with Crippen molar-refractivity contribution in [2.75, 3.05) is 12.4 Å². The van der Waals surface area contributed by atoms with Gasteiger partial charge in [-0.15, -0.1) is 0 Å². The van der Waals surface area contributed by atoms with Gasteiger partial charge in [0, 0.05) is 22.0 Å². The fourth-order valence-electron chi connectivity index (χ4n) is 2.97. The first-order valence-electron chi connectivity index (χ1n) is 9.20. The van der Waals surface area contributed by atoms with Crippen LogP contribution in [-0.2, 0) is 11.2 Å². The molecule has 0 radical (unpaired) electrons. The average Bonchev–Trinajstić information content (AvgIpc) is 2.76. The minimum absolute atomic E-state index is 0.100. The summed E-state index contributed by atoms with van der Waals surface area (Å²) in [4.78, 5) is 12.5. The van der Waals surface area contributed by atoms with Crippen LogP contribution in [0.2, 0.25) is 15.1 Å². The second kappa shape index (κ2) is 10.4. The Morgan fingerprint density at radius 1 is 1.03 bits per heavy atom. The summed E-state index contributed by atoms with van der Waals surface area (Å²) >= 11 is 18.9. The van der Waals surface area contributed by atoms with Gasteiger partial charge in [0.15, 0.2) is 0 Å². The third-order valence-corrected chi connectivity index (χ3v) is 5.56. The Morgan fingerprint density at radius 2 is 1.71 bits per heavy atom. The third-order valence-electron chi connectivity index (χ3n) is 4.52. The summed E-state index contributed by atoms with van der Waals surface area (Å²) < 4.78 is 5.51. The number of anilines is 1. The zero-order valence-corrected chi connectivity index (χ0v) is 18.7. The molecule has 0 aliphatic heterocycles. The normalized spacial score (nSPS) is 11.0. The molecule has 0 heterocycles. The third kappa shape index (κ3) is 5.59. The highest BCUT2D eigenvalue weighted by Crippen LogP contribution is 2.33. The Morgan fingerprint density at radius 3 is 2.35 bits per heavy atom. The van der Waals surface area contributed by atoms with E-state index in [4.69, 9.17) is 39.5 Å². The summed E-state index contributed by atoms with van der Waals surface area (Å²) in [6.07, 6.45) is 1.92. The van der Waals surface area contributed by atoms with Crippen molar-refractivity contribution in [1.29, 1.82) is 5.26 Å². The van der Waals surface area contributed by atoms with Crippen molar-refractivity contribution in [2.45, 2.75) is 6.42 Å². The van der Waals surface area contributed by atoms with E-state index < -0.39 is 5.91 Å². The fraction of sp³-hybridized carbons (Fsp3) is 0.0833. The van der Waals surface area contributed by atoms with Crippen LogP contribution in [0, 0.1) is 11.3 Å². The second-order valence-electron chi connectivity index (χ2n) is 6.56. The molecule has 0 aromatic heterocycles. The molecule has 0 aliphatic rings. The van der Waals surface area contributed by atoms with Gasteiger partial charge in [0.1, 0.15) is 17.4 Å². The highest BCUT2D eigenvalue weighted by Gasteiger charge is 2.15. The van der Waals surface area contributed by atoms with Gasteiger partial charge >= 0.3 is 0 Å². The largest absolute Gasteiger partial charge is 0.496 e. The number of para-hydroxylation sites is 1. The number of halogens is 3. The summed E-state index contributed by atoms with van der Waals surface area (Å²) in [5.41, 5.74) is 2.53. The van der Waals surface area contributed by atoms with Crippen LogP contribution < -0.4 is 10.1 Å². The number of carbonyl (C=O) groups is 1. The summed E-state index contributed by atoms with van der Waals surface area (Å²) in [5, 5.41) is 13.6. The Bertz CT molecular complexity index is 1200. The lowest BCUT2D eigenvalue weighted by atomic mass is 10.0. The SMILES string of the molecule is COc1cc(/C=C(\C#N)C(=O)Nc2ccccc2Cl)cc(Cl)c1Cc1ccccc1Cl. The molecule has 0 atom stereocenters. The van der Waals surface area contributed by atoms with E-state index in [2.05, 4.69) is 5.32 Å². The van der Waals surface area contributed by atoms with Crippen molar-refractivity contribution < 1.29 is 9.53 Å². The molecule has 156 valence electrons. The Labute approximate surface area is 195 Å². The minimum atomic E-state index is -0.578. The Kier molecular flexibility index (Phi) is 7.59. The molecule has 0 saturated heterocycles. The molecule has 0 bridgehead atoms.